The van der Waals surface area contributed by atoms with Crippen LogP contribution in [0.1, 0.15) is 20.1 Å². The Balaban J connectivity index is 5.34. The summed E-state index contributed by atoms with van der Waals surface area (Å²) in [5.74, 6) is 0. The summed E-state index contributed by atoms with van der Waals surface area (Å²) < 4.78 is 70.8. The predicted octanol–water partition coefficient (Wildman–Crippen LogP) is -0.103. The van der Waals surface area contributed by atoms with Crippen molar-refractivity contribution in [2.75, 3.05) is 26.9 Å². The molecule has 0 fully saturated rings. The Hall–Kier alpha value is -0.0800. The lowest BCUT2D eigenvalue weighted by Crippen LogP contribution is -2.16. The van der Waals surface area contributed by atoms with Gasteiger partial charge in [0.15, 0.2) is 0 Å². The van der Waals surface area contributed by atoms with Crippen molar-refractivity contribution < 1.29 is 13.7 Å². The van der Waals surface area contributed by atoms with Crippen molar-refractivity contribution in [3.8, 4) is 0 Å². The van der Waals surface area contributed by atoms with Crippen LogP contribution >= 0.6 is 0 Å². The molecule has 2 nitrogen and oxygen atoms in total. The third kappa shape index (κ3) is 5.92. The Kier molecular flexibility index (Phi) is 0.559. The molecule has 0 bridgehead atoms. The summed E-state index contributed by atoms with van der Waals surface area (Å²) >= 11 is 0. The average molecular weight is 112 g/mol. The van der Waals surface area contributed by atoms with E-state index in [2.05, 4.69) is 0 Å². The summed E-state index contributed by atoms with van der Waals surface area (Å²) in [7, 11) is 0. The first-order valence-corrected chi connectivity index (χ1v) is 1.67. The molecule has 44 valence electrons. The van der Waals surface area contributed by atoms with Gasteiger partial charge in [0.05, 0.1) is 0 Å². The average Bonchev–Trinajstić information content (AvgIpc) is 1.66. The van der Waals surface area contributed by atoms with Gasteiger partial charge in [-0.05, 0) is 33.4 Å². The molecule has 0 spiro atoms. The van der Waals surface area contributed by atoms with E-state index >= 15 is 0 Å². The minimum atomic E-state index is -3.22. The van der Waals surface area contributed by atoms with Gasteiger partial charge >= 0.3 is 0 Å². The van der Waals surface area contributed by atoms with E-state index in [1.54, 1.807) is 0 Å². The fourth-order valence-corrected chi connectivity index (χ4v) is 0.125. The minimum absolute atomic E-state index is 0.322. The van der Waals surface area contributed by atoms with E-state index in [0.717, 1.165) is 0 Å². The van der Waals surface area contributed by atoms with Crippen LogP contribution in [-0.4, -0.2) is 31.8 Å². The molecule has 0 atom stereocenters. The standard InChI is InChI=1S/C5H14N2/c1-7(2)5-3-4-6/h3-6H2,1-2H3/i1D3,2D3,4D2,5D2. The van der Waals surface area contributed by atoms with Gasteiger partial charge in [0.25, 0.3) is 0 Å². The number of hydrogen-bond donors (Lipinski definition) is 1. The lowest BCUT2D eigenvalue weighted by Gasteiger charge is -2.05. The second-order valence-electron chi connectivity index (χ2n) is 0.874. The number of hydrogen-bond acceptors (Lipinski definition) is 2. The zero-order valence-corrected chi connectivity index (χ0v) is 3.73. The molecule has 0 heterocycles. The zero-order valence-electron chi connectivity index (χ0n) is 13.7. The van der Waals surface area contributed by atoms with Gasteiger partial charge in [-0.1, -0.05) is 0 Å². The summed E-state index contributed by atoms with van der Waals surface area (Å²) in [6.07, 6.45) is -1.07. The number of nitrogens with zero attached hydrogens (tertiary/aromatic N) is 1. The largest absolute Gasteiger partial charge is 0.330 e. The van der Waals surface area contributed by atoms with E-state index in [1.165, 1.54) is 0 Å². The van der Waals surface area contributed by atoms with Gasteiger partial charge in [0.2, 0.25) is 0 Å². The normalized spacial score (nSPS) is 39.1. The van der Waals surface area contributed by atoms with Crippen LogP contribution in [0.2, 0.25) is 0 Å². The quantitative estimate of drug-likeness (QED) is 0.552. The molecule has 0 amide bonds. The SMILES string of the molecule is [2H]C([2H])(N)CC([2H])([2H])N(C([2H])([2H])[2H])C([2H])([2H])[2H]. The molecule has 0 rings (SSSR count). The lowest BCUT2D eigenvalue weighted by atomic mass is 10.4. The van der Waals surface area contributed by atoms with Gasteiger partial charge < -0.3 is 10.6 Å². The molecular weight excluding hydrogens is 88.1 g/mol. The van der Waals surface area contributed by atoms with Crippen molar-refractivity contribution in [1.29, 1.82) is 0 Å². The third-order valence-corrected chi connectivity index (χ3v) is 0.339. The summed E-state index contributed by atoms with van der Waals surface area (Å²) in [5, 5.41) is 0. The second kappa shape index (κ2) is 4.09. The maximum absolute atomic E-state index is 7.40. The monoisotopic (exact) mass is 112 g/mol. The number of nitrogens with two attached hydrogens (primary N) is 1. The summed E-state index contributed by atoms with van der Waals surface area (Å²) in [6, 6.07) is 0. The molecule has 0 aliphatic heterocycles. The molecule has 7 heavy (non-hydrogen) atoms. The van der Waals surface area contributed by atoms with Crippen LogP contribution in [0, 0.1) is 0 Å². The Morgan fingerprint density at radius 2 is 2.57 bits per heavy atom. The van der Waals surface area contributed by atoms with E-state index in [0.29, 0.717) is 0 Å². The molecule has 2 N–H and O–H groups in total. The smallest absolute Gasteiger partial charge is 0.0431 e. The molecule has 0 aromatic heterocycles. The molecule has 2 heteroatoms. The highest BCUT2D eigenvalue weighted by Gasteiger charge is 1.83. The summed E-state index contributed by atoms with van der Waals surface area (Å²) in [4.78, 5) is -0.322. The van der Waals surface area contributed by atoms with Crippen molar-refractivity contribution in [3.05, 3.63) is 0 Å². The molecule has 0 aromatic carbocycles. The van der Waals surface area contributed by atoms with Gasteiger partial charge in [-0.25, -0.2) is 0 Å². The van der Waals surface area contributed by atoms with Gasteiger partial charge in [-0.3, -0.25) is 0 Å². The van der Waals surface area contributed by atoms with E-state index < -0.39 is 33.4 Å². The molecule has 0 aliphatic carbocycles. The summed E-state index contributed by atoms with van der Waals surface area (Å²) in [6.45, 7) is -11.9. The molecule has 0 aliphatic rings. The minimum Gasteiger partial charge on any atom is -0.330 e. The second-order valence-corrected chi connectivity index (χ2v) is 0.874. The Morgan fingerprint density at radius 1 is 1.86 bits per heavy atom. The Bertz CT molecular complexity index is 245. The molecular formula is C5H14N2. The first-order valence-electron chi connectivity index (χ1n) is 6.67. The molecule has 0 saturated heterocycles. The topological polar surface area (TPSA) is 29.3 Å². The van der Waals surface area contributed by atoms with Crippen molar-refractivity contribution >= 4 is 0 Å². The lowest BCUT2D eigenvalue weighted by molar-refractivity contribution is 0.403. The van der Waals surface area contributed by atoms with E-state index in [4.69, 9.17) is 19.4 Å². The first kappa shape index (κ1) is 0.957. The fourth-order valence-electron chi connectivity index (χ4n) is 0.125. The van der Waals surface area contributed by atoms with Crippen molar-refractivity contribution in [2.24, 2.45) is 5.73 Å². The maximum Gasteiger partial charge on any atom is 0.0431 e. The Labute approximate surface area is 59.3 Å². The number of rotatable bonds is 3. The molecule has 0 unspecified atom stereocenters. The predicted molar refractivity (Wildman–Crippen MR) is 32.2 cm³/mol. The van der Waals surface area contributed by atoms with Crippen LogP contribution in [0.4, 0.5) is 0 Å². The maximum atomic E-state index is 7.40. The van der Waals surface area contributed by atoms with E-state index in [1.807, 2.05) is 0 Å². The van der Waals surface area contributed by atoms with Crippen molar-refractivity contribution in [2.45, 2.75) is 6.42 Å². The van der Waals surface area contributed by atoms with E-state index in [-0.39, 0.29) is 4.90 Å². The first-order chi connectivity index (χ1) is 7.07. The van der Waals surface area contributed by atoms with Crippen LogP contribution < -0.4 is 5.73 Å². The van der Waals surface area contributed by atoms with Gasteiger partial charge in [0.1, 0.15) is 0 Å². The van der Waals surface area contributed by atoms with Crippen LogP contribution in [0.5, 0.6) is 0 Å². The molecule has 0 aromatic rings. The van der Waals surface area contributed by atoms with Gasteiger partial charge in [-0.15, -0.1) is 0 Å². The van der Waals surface area contributed by atoms with Crippen LogP contribution in [-0.2, 0) is 0 Å². The fraction of sp³-hybridized carbons (Fsp3) is 1.00. The third-order valence-electron chi connectivity index (χ3n) is 0.339. The highest BCUT2D eigenvalue weighted by molar-refractivity contribution is 4.42. The van der Waals surface area contributed by atoms with Gasteiger partial charge in [-0.2, -0.15) is 0 Å². The van der Waals surface area contributed by atoms with E-state index in [9.17, 15) is 0 Å². The van der Waals surface area contributed by atoms with Crippen molar-refractivity contribution in [3.63, 3.8) is 0 Å². The molecule has 0 saturated carbocycles. The highest BCUT2D eigenvalue weighted by atomic mass is 15.0. The van der Waals surface area contributed by atoms with Gasteiger partial charge in [0, 0.05) is 13.7 Å². The summed E-state index contributed by atoms with van der Waals surface area (Å²) in [5.41, 5.74) is 4.95. The van der Waals surface area contributed by atoms with Crippen LogP contribution in [0.15, 0.2) is 0 Å². The molecule has 0 radical (unpaired) electrons. The highest BCUT2D eigenvalue weighted by Crippen LogP contribution is 1.76. The van der Waals surface area contributed by atoms with Crippen LogP contribution in [0.3, 0.4) is 0 Å². The van der Waals surface area contributed by atoms with Crippen LogP contribution in [0.25, 0.3) is 0 Å². The zero-order chi connectivity index (χ0) is 14.3. The van der Waals surface area contributed by atoms with Crippen molar-refractivity contribution in [1.82, 2.24) is 4.90 Å². The Morgan fingerprint density at radius 3 is 3.00 bits per heavy atom.